The van der Waals surface area contributed by atoms with Crippen LogP contribution >= 0.6 is 0 Å². The molecule has 0 saturated carbocycles. The van der Waals surface area contributed by atoms with Crippen molar-refractivity contribution < 1.29 is 4.42 Å². The van der Waals surface area contributed by atoms with Crippen molar-refractivity contribution in [2.45, 2.75) is 0 Å². The molecule has 0 aliphatic carbocycles. The normalized spacial score (nSPS) is 11.7. The summed E-state index contributed by atoms with van der Waals surface area (Å²) in [6.45, 7) is 0. The first kappa shape index (κ1) is 33.3. The van der Waals surface area contributed by atoms with E-state index in [-0.39, 0.29) is 0 Å². The molecule has 0 amide bonds. The Balaban J connectivity index is 1.07. The van der Waals surface area contributed by atoms with E-state index in [0.717, 1.165) is 50.3 Å². The molecule has 0 atom stereocenters. The summed E-state index contributed by atoms with van der Waals surface area (Å²) in [5.41, 5.74) is 13.2. The lowest BCUT2D eigenvalue weighted by molar-refractivity contribution is 0.669. The van der Waals surface area contributed by atoms with Gasteiger partial charge in [0.25, 0.3) is 0 Å². The highest BCUT2D eigenvalue weighted by Crippen LogP contribution is 2.46. The summed E-state index contributed by atoms with van der Waals surface area (Å²) in [7, 11) is 0. The molecular weight excluding hydrogens is 717 g/mol. The second kappa shape index (κ2) is 13.4. The Hall–Kier alpha value is -7.88. The van der Waals surface area contributed by atoms with Gasteiger partial charge in [-0.3, -0.25) is 0 Å². The summed E-state index contributed by atoms with van der Waals surface area (Å²) < 4.78 is 8.88. The van der Waals surface area contributed by atoms with Crippen LogP contribution in [0.5, 0.6) is 0 Å². The summed E-state index contributed by atoms with van der Waals surface area (Å²) in [6, 6.07) is 78.7. The first-order chi connectivity index (χ1) is 29.3. The van der Waals surface area contributed by atoms with Gasteiger partial charge in [-0.05, 0) is 105 Å². The highest BCUT2D eigenvalue weighted by atomic mass is 16.3. The fourth-order valence-electron chi connectivity index (χ4n) is 9.36. The van der Waals surface area contributed by atoms with Gasteiger partial charge >= 0.3 is 0 Å². The summed E-state index contributed by atoms with van der Waals surface area (Å²) in [6.07, 6.45) is 0. The molecule has 0 N–H and O–H groups in total. The molecule has 12 rings (SSSR count). The minimum atomic E-state index is 0.862. The summed E-state index contributed by atoms with van der Waals surface area (Å²) in [4.78, 5) is 2.39. The highest BCUT2D eigenvalue weighted by Gasteiger charge is 2.22. The molecule has 0 saturated heterocycles. The van der Waals surface area contributed by atoms with Gasteiger partial charge in [-0.2, -0.15) is 0 Å². The van der Waals surface area contributed by atoms with Crippen LogP contribution in [-0.2, 0) is 0 Å². The lowest BCUT2D eigenvalue weighted by atomic mass is 9.93. The van der Waals surface area contributed by atoms with Gasteiger partial charge in [0.15, 0.2) is 0 Å². The number of para-hydroxylation sites is 4. The van der Waals surface area contributed by atoms with E-state index in [0.29, 0.717) is 0 Å². The van der Waals surface area contributed by atoms with Crippen molar-refractivity contribution in [3.8, 4) is 27.9 Å². The topological polar surface area (TPSA) is 21.3 Å². The van der Waals surface area contributed by atoms with Gasteiger partial charge in [0.2, 0.25) is 0 Å². The van der Waals surface area contributed by atoms with Gasteiger partial charge < -0.3 is 13.9 Å². The van der Waals surface area contributed by atoms with E-state index in [4.69, 9.17) is 4.42 Å². The van der Waals surface area contributed by atoms with Gasteiger partial charge in [0.1, 0.15) is 11.2 Å². The first-order valence-electron chi connectivity index (χ1n) is 20.2. The molecule has 59 heavy (non-hydrogen) atoms. The second-order valence-electron chi connectivity index (χ2n) is 15.3. The number of furan rings is 1. The number of anilines is 3. The molecule has 0 bridgehead atoms. The molecule has 12 aromatic rings. The van der Waals surface area contributed by atoms with Crippen molar-refractivity contribution in [3.63, 3.8) is 0 Å². The Bertz CT molecular complexity index is 3560. The van der Waals surface area contributed by atoms with Crippen LogP contribution in [0.2, 0.25) is 0 Å². The number of hydrogen-bond acceptors (Lipinski definition) is 2. The van der Waals surface area contributed by atoms with Gasteiger partial charge in [-0.1, -0.05) is 152 Å². The van der Waals surface area contributed by atoms with Crippen LogP contribution in [0.25, 0.3) is 93.2 Å². The van der Waals surface area contributed by atoms with Crippen molar-refractivity contribution in [2.24, 2.45) is 0 Å². The minimum Gasteiger partial charge on any atom is -0.456 e. The zero-order valence-corrected chi connectivity index (χ0v) is 32.1. The molecule has 2 aromatic heterocycles. The van der Waals surface area contributed by atoms with Gasteiger partial charge in [-0.15, -0.1) is 0 Å². The number of rotatable bonds is 6. The fourth-order valence-corrected chi connectivity index (χ4v) is 9.36. The molecular formula is C56H36N2O. The Morgan fingerprint density at radius 1 is 0.373 bits per heavy atom. The lowest BCUT2D eigenvalue weighted by Gasteiger charge is -2.27. The maximum absolute atomic E-state index is 6.46. The monoisotopic (exact) mass is 752 g/mol. The summed E-state index contributed by atoms with van der Waals surface area (Å²) in [5.74, 6) is 0. The van der Waals surface area contributed by atoms with E-state index in [1.807, 2.05) is 6.07 Å². The predicted molar refractivity (Wildman–Crippen MR) is 249 cm³/mol. The van der Waals surface area contributed by atoms with E-state index in [9.17, 15) is 0 Å². The van der Waals surface area contributed by atoms with E-state index in [1.165, 1.54) is 60.0 Å². The average Bonchev–Trinajstić information content (AvgIpc) is 3.86. The van der Waals surface area contributed by atoms with Crippen LogP contribution in [0.15, 0.2) is 223 Å². The third-order valence-electron chi connectivity index (χ3n) is 12.0. The van der Waals surface area contributed by atoms with Crippen LogP contribution in [0.4, 0.5) is 17.1 Å². The minimum absolute atomic E-state index is 0.862. The van der Waals surface area contributed by atoms with Gasteiger partial charge in [0.05, 0.1) is 22.1 Å². The van der Waals surface area contributed by atoms with E-state index >= 15 is 0 Å². The maximum atomic E-state index is 6.46. The molecule has 0 aliphatic rings. The second-order valence-corrected chi connectivity index (χ2v) is 15.3. The van der Waals surface area contributed by atoms with E-state index in [2.05, 4.69) is 222 Å². The van der Waals surface area contributed by atoms with Crippen molar-refractivity contribution >= 4 is 82.4 Å². The van der Waals surface area contributed by atoms with E-state index in [1.54, 1.807) is 0 Å². The largest absolute Gasteiger partial charge is 0.456 e. The quantitative estimate of drug-likeness (QED) is 0.158. The van der Waals surface area contributed by atoms with Crippen LogP contribution in [0, 0.1) is 0 Å². The molecule has 0 unspecified atom stereocenters. The SMILES string of the molecule is c1ccc(-n2c3ccccc3c3cccc(-c4cccc(N(c5ccc(-c6cc7ccccc7c7ccccc67)cc5)c5cccc6oc7ccccc7c56)c4)c32)cc1. The Morgan fingerprint density at radius 2 is 1.03 bits per heavy atom. The van der Waals surface area contributed by atoms with Crippen molar-refractivity contribution in [1.82, 2.24) is 4.57 Å². The van der Waals surface area contributed by atoms with Gasteiger partial charge in [0, 0.05) is 38.8 Å². The van der Waals surface area contributed by atoms with Gasteiger partial charge in [-0.25, -0.2) is 0 Å². The van der Waals surface area contributed by atoms with Crippen LogP contribution in [-0.4, -0.2) is 4.57 Å². The predicted octanol–water partition coefficient (Wildman–Crippen LogP) is 15.8. The third-order valence-corrected chi connectivity index (χ3v) is 12.0. The summed E-state index contributed by atoms with van der Waals surface area (Å²) in [5, 5.41) is 9.68. The zero-order valence-electron chi connectivity index (χ0n) is 32.1. The summed E-state index contributed by atoms with van der Waals surface area (Å²) >= 11 is 0. The number of benzene rings is 10. The number of fused-ring (bicyclic) bond motifs is 9. The third kappa shape index (κ3) is 5.29. The zero-order chi connectivity index (χ0) is 38.9. The fraction of sp³-hybridized carbons (Fsp3) is 0. The van der Waals surface area contributed by atoms with Crippen molar-refractivity contribution in [2.75, 3.05) is 4.90 Å². The molecule has 3 heteroatoms. The Morgan fingerprint density at radius 3 is 1.90 bits per heavy atom. The molecule has 10 aromatic carbocycles. The Labute approximate surface area is 341 Å². The number of hydrogen-bond donors (Lipinski definition) is 0. The molecule has 0 radical (unpaired) electrons. The van der Waals surface area contributed by atoms with Crippen LogP contribution in [0.1, 0.15) is 0 Å². The molecule has 2 heterocycles. The molecule has 3 nitrogen and oxygen atoms in total. The van der Waals surface area contributed by atoms with Crippen LogP contribution < -0.4 is 4.90 Å². The average molecular weight is 753 g/mol. The first-order valence-corrected chi connectivity index (χ1v) is 20.2. The van der Waals surface area contributed by atoms with E-state index < -0.39 is 0 Å². The molecule has 0 fully saturated rings. The number of aromatic nitrogens is 1. The smallest absolute Gasteiger partial charge is 0.137 e. The molecule has 276 valence electrons. The molecule has 0 aliphatic heterocycles. The van der Waals surface area contributed by atoms with Crippen molar-refractivity contribution in [1.29, 1.82) is 0 Å². The standard InChI is InChI=1S/C56H36N2O/c1-2-17-40(18-3-1)58-51-27-10-8-23-47(51)48-26-13-25-44(56(48)58)38-16-12-19-42(35-38)57(52-28-14-30-54-55(52)49-24-9-11-29-53(49)59-54)41-33-31-37(32-34-41)50-36-39-15-4-5-20-43(39)45-21-6-7-22-46(45)50/h1-36H. The maximum Gasteiger partial charge on any atom is 0.137 e. The highest BCUT2D eigenvalue weighted by molar-refractivity contribution is 6.16. The lowest BCUT2D eigenvalue weighted by Crippen LogP contribution is -2.10. The van der Waals surface area contributed by atoms with Crippen LogP contribution in [0.3, 0.4) is 0 Å². The Kier molecular flexibility index (Phi) is 7.54. The van der Waals surface area contributed by atoms with Crippen molar-refractivity contribution in [3.05, 3.63) is 218 Å². The molecule has 0 spiro atoms. The number of nitrogens with zero attached hydrogens (tertiary/aromatic N) is 2.